The predicted octanol–water partition coefficient (Wildman–Crippen LogP) is 0.835. The van der Waals surface area contributed by atoms with Gasteiger partial charge in [0.05, 0.1) is 13.2 Å². The van der Waals surface area contributed by atoms with Gasteiger partial charge in [-0.25, -0.2) is 4.98 Å². The van der Waals surface area contributed by atoms with Crippen molar-refractivity contribution in [3.05, 3.63) is 23.9 Å². The first kappa shape index (κ1) is 11.9. The highest BCUT2D eigenvalue weighted by atomic mass is 16.5. The van der Waals surface area contributed by atoms with Crippen LogP contribution in [0.3, 0.4) is 0 Å². The fourth-order valence-corrected chi connectivity index (χ4v) is 1.31. The van der Waals surface area contributed by atoms with Crippen LogP contribution in [0.1, 0.15) is 5.56 Å². The van der Waals surface area contributed by atoms with E-state index in [1.807, 2.05) is 30.2 Å². The van der Waals surface area contributed by atoms with E-state index >= 15 is 0 Å². The van der Waals surface area contributed by atoms with Crippen molar-refractivity contribution in [2.45, 2.75) is 6.92 Å². The van der Waals surface area contributed by atoms with Crippen LogP contribution >= 0.6 is 0 Å². The van der Waals surface area contributed by atoms with Crippen LogP contribution in [0.25, 0.3) is 0 Å². The summed E-state index contributed by atoms with van der Waals surface area (Å²) >= 11 is 0. The number of rotatable bonds is 6. The minimum atomic E-state index is 0.124. The standard InChI is InChI=1S/C11H18N2O2/c1-10-3-4-11(12-9-10)13(5-7-14)6-8-15-2/h3-4,9,14H,5-8H2,1-2H3. The topological polar surface area (TPSA) is 45.6 Å². The Bertz CT molecular complexity index is 274. The third-order valence-corrected chi connectivity index (χ3v) is 2.15. The van der Waals surface area contributed by atoms with Gasteiger partial charge >= 0.3 is 0 Å². The number of hydrogen-bond donors (Lipinski definition) is 1. The molecule has 0 spiro atoms. The van der Waals surface area contributed by atoms with Crippen LogP contribution in [0.5, 0.6) is 0 Å². The Kier molecular flexibility index (Phi) is 5.07. The molecule has 15 heavy (non-hydrogen) atoms. The van der Waals surface area contributed by atoms with Crippen LogP contribution in [0.15, 0.2) is 18.3 Å². The van der Waals surface area contributed by atoms with E-state index in [0.717, 1.165) is 17.9 Å². The molecule has 0 atom stereocenters. The number of hydrogen-bond acceptors (Lipinski definition) is 4. The molecule has 0 bridgehead atoms. The first-order valence-corrected chi connectivity index (χ1v) is 5.05. The summed E-state index contributed by atoms with van der Waals surface area (Å²) in [5.41, 5.74) is 1.13. The van der Waals surface area contributed by atoms with E-state index in [4.69, 9.17) is 9.84 Å². The molecule has 4 nitrogen and oxygen atoms in total. The maximum absolute atomic E-state index is 8.94. The van der Waals surface area contributed by atoms with Gasteiger partial charge in [0.15, 0.2) is 0 Å². The number of aromatic nitrogens is 1. The van der Waals surface area contributed by atoms with Gasteiger partial charge in [0.25, 0.3) is 0 Å². The molecule has 0 unspecified atom stereocenters. The summed E-state index contributed by atoms with van der Waals surface area (Å²) in [7, 11) is 1.67. The Morgan fingerprint density at radius 1 is 1.40 bits per heavy atom. The van der Waals surface area contributed by atoms with Gasteiger partial charge in [0.2, 0.25) is 0 Å². The van der Waals surface area contributed by atoms with Crippen molar-refractivity contribution in [3.8, 4) is 0 Å². The lowest BCUT2D eigenvalue weighted by Crippen LogP contribution is -2.30. The smallest absolute Gasteiger partial charge is 0.128 e. The summed E-state index contributed by atoms with van der Waals surface area (Å²) in [6.45, 7) is 4.09. The number of pyridine rings is 1. The van der Waals surface area contributed by atoms with E-state index < -0.39 is 0 Å². The second kappa shape index (κ2) is 6.37. The van der Waals surface area contributed by atoms with Gasteiger partial charge in [0.1, 0.15) is 5.82 Å². The third-order valence-electron chi connectivity index (χ3n) is 2.15. The molecule has 84 valence electrons. The molecule has 1 heterocycles. The number of nitrogens with zero attached hydrogens (tertiary/aromatic N) is 2. The zero-order valence-electron chi connectivity index (χ0n) is 9.31. The first-order valence-electron chi connectivity index (χ1n) is 5.05. The van der Waals surface area contributed by atoms with Crippen LogP contribution in [-0.2, 0) is 4.74 Å². The third kappa shape index (κ3) is 3.85. The lowest BCUT2D eigenvalue weighted by molar-refractivity contribution is 0.202. The highest BCUT2D eigenvalue weighted by Gasteiger charge is 2.05. The summed E-state index contributed by atoms with van der Waals surface area (Å²) in [5, 5.41) is 8.94. The zero-order chi connectivity index (χ0) is 11.1. The van der Waals surface area contributed by atoms with E-state index in [9.17, 15) is 0 Å². The molecule has 0 aliphatic rings. The molecular weight excluding hydrogens is 192 g/mol. The average molecular weight is 210 g/mol. The molecule has 0 radical (unpaired) electrons. The Morgan fingerprint density at radius 3 is 2.73 bits per heavy atom. The van der Waals surface area contributed by atoms with Gasteiger partial charge < -0.3 is 14.7 Å². The molecule has 0 fully saturated rings. The number of anilines is 1. The molecule has 0 amide bonds. The van der Waals surface area contributed by atoms with Crippen molar-refractivity contribution in [3.63, 3.8) is 0 Å². The Balaban J connectivity index is 2.65. The molecular formula is C11H18N2O2. The summed E-state index contributed by atoms with van der Waals surface area (Å²) in [4.78, 5) is 6.31. The molecule has 1 rings (SSSR count). The normalized spacial score (nSPS) is 10.3. The van der Waals surface area contributed by atoms with Gasteiger partial charge in [-0.2, -0.15) is 0 Å². The van der Waals surface area contributed by atoms with Crippen LogP contribution in [0, 0.1) is 6.92 Å². The summed E-state index contributed by atoms with van der Waals surface area (Å²) in [6.07, 6.45) is 1.83. The second-order valence-corrected chi connectivity index (χ2v) is 3.40. The van der Waals surface area contributed by atoms with Gasteiger partial charge in [-0.15, -0.1) is 0 Å². The lowest BCUT2D eigenvalue weighted by Gasteiger charge is -2.22. The van der Waals surface area contributed by atoms with Crippen molar-refractivity contribution in [1.29, 1.82) is 0 Å². The van der Waals surface area contributed by atoms with Crippen LogP contribution in [0.2, 0.25) is 0 Å². The SMILES string of the molecule is COCCN(CCO)c1ccc(C)cn1. The van der Waals surface area contributed by atoms with Gasteiger partial charge in [-0.3, -0.25) is 0 Å². The molecule has 4 heteroatoms. The quantitative estimate of drug-likeness (QED) is 0.755. The molecule has 0 aliphatic heterocycles. The Hall–Kier alpha value is -1.13. The number of methoxy groups -OCH3 is 1. The maximum atomic E-state index is 8.94. The van der Waals surface area contributed by atoms with Gasteiger partial charge in [-0.05, 0) is 18.6 Å². The minimum absolute atomic E-state index is 0.124. The minimum Gasteiger partial charge on any atom is -0.395 e. The number of aliphatic hydroxyl groups excluding tert-OH is 1. The van der Waals surface area contributed by atoms with E-state index in [1.54, 1.807) is 7.11 Å². The highest BCUT2D eigenvalue weighted by Crippen LogP contribution is 2.10. The fourth-order valence-electron chi connectivity index (χ4n) is 1.31. The Labute approximate surface area is 90.5 Å². The highest BCUT2D eigenvalue weighted by molar-refractivity contribution is 5.38. The second-order valence-electron chi connectivity index (χ2n) is 3.40. The summed E-state index contributed by atoms with van der Waals surface area (Å²) in [5.74, 6) is 0.881. The van der Waals surface area contributed by atoms with E-state index in [1.165, 1.54) is 0 Å². The van der Waals surface area contributed by atoms with Crippen LogP contribution in [0.4, 0.5) is 5.82 Å². The maximum Gasteiger partial charge on any atom is 0.128 e. The largest absolute Gasteiger partial charge is 0.395 e. The zero-order valence-corrected chi connectivity index (χ0v) is 9.31. The number of aliphatic hydroxyl groups is 1. The van der Waals surface area contributed by atoms with E-state index in [0.29, 0.717) is 13.2 Å². The summed E-state index contributed by atoms with van der Waals surface area (Å²) in [6, 6.07) is 3.97. The Morgan fingerprint density at radius 2 is 2.20 bits per heavy atom. The van der Waals surface area contributed by atoms with Crippen molar-refractivity contribution in [2.24, 2.45) is 0 Å². The molecule has 1 N–H and O–H groups in total. The number of ether oxygens (including phenoxy) is 1. The van der Waals surface area contributed by atoms with Crippen molar-refractivity contribution in [1.82, 2.24) is 4.98 Å². The van der Waals surface area contributed by atoms with Crippen molar-refractivity contribution < 1.29 is 9.84 Å². The monoisotopic (exact) mass is 210 g/mol. The fraction of sp³-hybridized carbons (Fsp3) is 0.545. The molecule has 1 aromatic heterocycles. The first-order chi connectivity index (χ1) is 7.27. The van der Waals surface area contributed by atoms with Crippen molar-refractivity contribution in [2.75, 3.05) is 38.3 Å². The number of aryl methyl sites for hydroxylation is 1. The molecule has 0 aliphatic carbocycles. The molecule has 0 saturated carbocycles. The predicted molar refractivity (Wildman–Crippen MR) is 60.1 cm³/mol. The van der Waals surface area contributed by atoms with Crippen LogP contribution in [-0.4, -0.2) is 43.5 Å². The molecule has 0 aromatic carbocycles. The van der Waals surface area contributed by atoms with Gasteiger partial charge in [0, 0.05) is 26.4 Å². The van der Waals surface area contributed by atoms with Gasteiger partial charge in [-0.1, -0.05) is 6.07 Å². The lowest BCUT2D eigenvalue weighted by atomic mass is 10.3. The molecule has 0 saturated heterocycles. The van der Waals surface area contributed by atoms with Crippen LogP contribution < -0.4 is 4.90 Å². The van der Waals surface area contributed by atoms with E-state index in [2.05, 4.69) is 4.98 Å². The van der Waals surface area contributed by atoms with Crippen molar-refractivity contribution >= 4 is 5.82 Å². The summed E-state index contributed by atoms with van der Waals surface area (Å²) < 4.78 is 5.01. The van der Waals surface area contributed by atoms with E-state index in [-0.39, 0.29) is 6.61 Å². The average Bonchev–Trinajstić information content (AvgIpc) is 2.25. The molecule has 1 aromatic rings.